The molecule has 1 saturated heterocycles. The second-order valence-corrected chi connectivity index (χ2v) is 6.48. The fraction of sp³-hybridized carbons (Fsp3) is 0.533. The van der Waals surface area contributed by atoms with Crippen molar-refractivity contribution in [1.82, 2.24) is 10.2 Å². The third-order valence-electron chi connectivity index (χ3n) is 3.50. The van der Waals surface area contributed by atoms with Gasteiger partial charge in [0.15, 0.2) is 0 Å². The topological polar surface area (TPSA) is 61.8 Å². The number of carbonyl (C=O) groups excluding carboxylic acids is 1. The highest BCUT2D eigenvalue weighted by atomic mass is 32.2. The number of rotatable bonds is 6. The van der Waals surface area contributed by atoms with E-state index in [9.17, 15) is 23.1 Å². The lowest BCUT2D eigenvalue weighted by molar-refractivity contribution is -0.139. The number of nitrogens with zero attached hydrogens (tertiary/aromatic N) is 1. The van der Waals surface area contributed by atoms with Crippen LogP contribution in [0, 0.1) is 0 Å². The van der Waals surface area contributed by atoms with Crippen molar-refractivity contribution in [1.29, 1.82) is 0 Å². The number of ether oxygens (including phenoxy) is 1. The molecule has 1 fully saturated rings. The van der Waals surface area contributed by atoms with Crippen LogP contribution in [-0.2, 0) is 11.0 Å². The first-order valence-corrected chi connectivity index (χ1v) is 8.47. The fourth-order valence-corrected chi connectivity index (χ4v) is 3.22. The molecule has 9 heteroatoms. The van der Waals surface area contributed by atoms with E-state index in [0.29, 0.717) is 11.6 Å². The molecule has 1 aliphatic rings. The summed E-state index contributed by atoms with van der Waals surface area (Å²) < 4.78 is 43.7. The zero-order valence-corrected chi connectivity index (χ0v) is 13.9. The Balaban J connectivity index is 1.87. The summed E-state index contributed by atoms with van der Waals surface area (Å²) in [5.41, 5.74) is -0.895. The highest BCUT2D eigenvalue weighted by molar-refractivity contribution is 7.99. The zero-order valence-electron chi connectivity index (χ0n) is 13.0. The van der Waals surface area contributed by atoms with Gasteiger partial charge in [-0.05, 0) is 12.1 Å². The molecule has 1 aromatic carbocycles. The van der Waals surface area contributed by atoms with Gasteiger partial charge >= 0.3 is 6.18 Å². The van der Waals surface area contributed by atoms with Gasteiger partial charge in [0.1, 0.15) is 18.5 Å². The van der Waals surface area contributed by atoms with E-state index in [4.69, 9.17) is 4.74 Å². The van der Waals surface area contributed by atoms with Crippen LogP contribution in [0.4, 0.5) is 13.2 Å². The van der Waals surface area contributed by atoms with Crippen molar-refractivity contribution in [3.05, 3.63) is 29.8 Å². The van der Waals surface area contributed by atoms with E-state index in [1.807, 2.05) is 0 Å². The number of aliphatic hydroxyl groups is 1. The third-order valence-corrected chi connectivity index (χ3v) is 4.44. The summed E-state index contributed by atoms with van der Waals surface area (Å²) in [6.07, 6.45) is -5.62. The van der Waals surface area contributed by atoms with Gasteiger partial charge in [-0.15, -0.1) is 11.8 Å². The van der Waals surface area contributed by atoms with Crippen molar-refractivity contribution in [3.8, 4) is 5.75 Å². The number of likely N-dealkylation sites (N-methyl/N-ethyl adjacent to an activating group) is 1. The molecule has 2 rings (SSSR count). The van der Waals surface area contributed by atoms with Crippen LogP contribution in [0.15, 0.2) is 24.3 Å². The van der Waals surface area contributed by atoms with Crippen molar-refractivity contribution in [2.45, 2.75) is 18.3 Å². The minimum Gasteiger partial charge on any atom is -0.490 e. The Bertz CT molecular complexity index is 565. The van der Waals surface area contributed by atoms with Gasteiger partial charge in [-0.1, -0.05) is 12.1 Å². The molecule has 5 nitrogen and oxygen atoms in total. The predicted octanol–water partition coefficient (Wildman–Crippen LogP) is 1.57. The summed E-state index contributed by atoms with van der Waals surface area (Å²) in [6, 6.07) is 4.52. The first-order valence-electron chi connectivity index (χ1n) is 7.32. The normalized spacial score (nSPS) is 19.1. The molecule has 0 radical (unpaired) electrons. The Labute approximate surface area is 142 Å². The maximum absolute atomic E-state index is 12.9. The quantitative estimate of drug-likeness (QED) is 0.802. The zero-order chi connectivity index (χ0) is 17.7. The molecule has 2 atom stereocenters. The molecule has 2 N–H and O–H groups in total. The number of benzene rings is 1. The molecule has 1 aliphatic heterocycles. The number of hydrogen-bond donors (Lipinski definition) is 2. The van der Waals surface area contributed by atoms with Gasteiger partial charge in [-0.2, -0.15) is 13.2 Å². The maximum atomic E-state index is 12.9. The molecule has 1 aromatic rings. The summed E-state index contributed by atoms with van der Waals surface area (Å²) in [6.45, 7) is -0.354. The fourth-order valence-electron chi connectivity index (χ4n) is 2.29. The predicted molar refractivity (Wildman–Crippen MR) is 84.8 cm³/mol. The van der Waals surface area contributed by atoms with Crippen LogP contribution in [0.25, 0.3) is 0 Å². The van der Waals surface area contributed by atoms with Crippen LogP contribution < -0.4 is 10.1 Å². The Kier molecular flexibility index (Phi) is 6.36. The lowest BCUT2D eigenvalue weighted by atomic mass is 10.2. The molecule has 0 bridgehead atoms. The van der Waals surface area contributed by atoms with Crippen LogP contribution in [0.5, 0.6) is 5.75 Å². The number of alkyl halides is 3. The van der Waals surface area contributed by atoms with Crippen LogP contribution in [-0.4, -0.2) is 59.9 Å². The lowest BCUT2D eigenvalue weighted by Gasteiger charge is -2.24. The van der Waals surface area contributed by atoms with E-state index in [0.717, 1.165) is 6.07 Å². The molecular formula is C15H19F3N2O3S. The van der Waals surface area contributed by atoms with Gasteiger partial charge < -0.3 is 14.7 Å². The highest BCUT2D eigenvalue weighted by Crippen LogP contribution is 2.35. The van der Waals surface area contributed by atoms with Gasteiger partial charge in [0.05, 0.1) is 11.6 Å². The average molecular weight is 364 g/mol. The summed E-state index contributed by atoms with van der Waals surface area (Å²) in [4.78, 5) is 13.4. The maximum Gasteiger partial charge on any atom is 0.419 e. The first-order chi connectivity index (χ1) is 11.3. The molecule has 24 heavy (non-hydrogen) atoms. The number of halogens is 3. The second kappa shape index (κ2) is 8.09. The summed E-state index contributed by atoms with van der Waals surface area (Å²) in [7, 11) is 1.54. The molecular weight excluding hydrogens is 345 g/mol. The smallest absolute Gasteiger partial charge is 0.419 e. The molecule has 2 unspecified atom stereocenters. The Morgan fingerprint density at radius 2 is 2.21 bits per heavy atom. The van der Waals surface area contributed by atoms with Crippen molar-refractivity contribution in [2.24, 2.45) is 0 Å². The number of hydrogen-bond acceptors (Lipinski definition) is 5. The van der Waals surface area contributed by atoms with Crippen LogP contribution >= 0.6 is 11.8 Å². The van der Waals surface area contributed by atoms with Crippen LogP contribution in [0.1, 0.15) is 5.56 Å². The molecule has 0 aliphatic carbocycles. The van der Waals surface area contributed by atoms with Gasteiger partial charge in [0, 0.05) is 25.2 Å². The highest BCUT2D eigenvalue weighted by Gasteiger charge is 2.34. The molecule has 0 aromatic heterocycles. The van der Waals surface area contributed by atoms with E-state index < -0.39 is 17.8 Å². The molecule has 0 saturated carbocycles. The van der Waals surface area contributed by atoms with Gasteiger partial charge in [-0.3, -0.25) is 10.1 Å². The summed E-state index contributed by atoms with van der Waals surface area (Å²) >= 11 is 1.61. The number of amides is 1. The SMILES string of the molecule is CN(CC(O)COc1ccccc1C(F)(F)F)C(=O)C1CSCN1. The van der Waals surface area contributed by atoms with Gasteiger partial charge in [0.25, 0.3) is 0 Å². The first kappa shape index (κ1) is 18.9. The Hall–Kier alpha value is -1.45. The monoisotopic (exact) mass is 364 g/mol. The molecule has 1 amide bonds. The Morgan fingerprint density at radius 3 is 2.83 bits per heavy atom. The Morgan fingerprint density at radius 1 is 1.50 bits per heavy atom. The van der Waals surface area contributed by atoms with E-state index in [2.05, 4.69) is 5.32 Å². The number of carbonyl (C=O) groups is 1. The van der Waals surface area contributed by atoms with E-state index >= 15 is 0 Å². The number of thioether (sulfide) groups is 1. The molecule has 1 heterocycles. The van der Waals surface area contributed by atoms with Gasteiger partial charge in [-0.25, -0.2) is 0 Å². The third kappa shape index (κ3) is 5.02. The number of nitrogens with one attached hydrogen (secondary N) is 1. The standard InChI is InChI=1S/C15H19F3N2O3S/c1-20(14(22)12-8-24-9-19-12)6-10(21)7-23-13-5-3-2-4-11(13)15(16,17)18/h2-5,10,12,19,21H,6-9H2,1H3. The van der Waals surface area contributed by atoms with Crippen molar-refractivity contribution in [3.63, 3.8) is 0 Å². The average Bonchev–Trinajstić information content (AvgIpc) is 3.06. The molecule has 0 spiro atoms. The van der Waals surface area contributed by atoms with Gasteiger partial charge in [0.2, 0.25) is 5.91 Å². The van der Waals surface area contributed by atoms with Crippen LogP contribution in [0.2, 0.25) is 0 Å². The van der Waals surface area contributed by atoms with Crippen molar-refractivity contribution < 1.29 is 27.8 Å². The molecule has 134 valence electrons. The van der Waals surface area contributed by atoms with E-state index in [1.165, 1.54) is 23.1 Å². The second-order valence-electron chi connectivity index (χ2n) is 5.45. The number of aliphatic hydroxyl groups excluding tert-OH is 1. The van der Waals surface area contributed by atoms with Crippen molar-refractivity contribution >= 4 is 17.7 Å². The number of para-hydroxylation sites is 1. The van der Waals surface area contributed by atoms with E-state index in [1.54, 1.807) is 18.8 Å². The summed E-state index contributed by atoms with van der Waals surface area (Å²) in [5, 5.41) is 13.0. The van der Waals surface area contributed by atoms with Crippen LogP contribution in [0.3, 0.4) is 0 Å². The van der Waals surface area contributed by atoms with Crippen molar-refractivity contribution in [2.75, 3.05) is 31.8 Å². The largest absolute Gasteiger partial charge is 0.490 e. The minimum absolute atomic E-state index is 0.0180. The minimum atomic E-state index is -4.53. The van der Waals surface area contributed by atoms with E-state index in [-0.39, 0.29) is 30.9 Å². The lowest BCUT2D eigenvalue weighted by Crippen LogP contribution is -2.46. The summed E-state index contributed by atoms with van der Waals surface area (Å²) in [5.74, 6) is 0.861.